The summed E-state index contributed by atoms with van der Waals surface area (Å²) in [5, 5.41) is 3.12. The molecule has 0 spiro atoms. The zero-order chi connectivity index (χ0) is 13.0. The third-order valence-electron chi connectivity index (χ3n) is 2.59. The van der Waals surface area contributed by atoms with Crippen LogP contribution in [-0.4, -0.2) is 10.8 Å². The minimum absolute atomic E-state index is 0.0222. The summed E-state index contributed by atoms with van der Waals surface area (Å²) in [6, 6.07) is 17.0. The number of hydrogen-bond donors (Lipinski definition) is 1. The Balaban J connectivity index is 2.25. The number of anilines is 1. The molecule has 0 radical (unpaired) electrons. The van der Waals surface area contributed by atoms with Crippen LogP contribution < -0.4 is 5.32 Å². The molecule has 90 valence electrons. The third-order valence-corrected chi connectivity index (χ3v) is 2.93. The summed E-state index contributed by atoms with van der Waals surface area (Å²) in [6.07, 6.45) is 0. The van der Waals surface area contributed by atoms with E-state index < -0.39 is 0 Å². The van der Waals surface area contributed by atoms with E-state index in [0.29, 0.717) is 10.6 Å². The van der Waals surface area contributed by atoms with Crippen molar-refractivity contribution < 1.29 is 4.79 Å². The van der Waals surface area contributed by atoms with Crippen molar-refractivity contribution in [2.24, 2.45) is 0 Å². The molecule has 0 aromatic heterocycles. The van der Waals surface area contributed by atoms with E-state index in [1.54, 1.807) is 13.0 Å². The Labute approximate surface area is 112 Å². The third kappa shape index (κ3) is 2.81. The molecule has 0 aliphatic heterocycles. The van der Waals surface area contributed by atoms with E-state index in [-0.39, 0.29) is 5.78 Å². The molecule has 2 aromatic carbocycles. The van der Waals surface area contributed by atoms with E-state index in [0.717, 1.165) is 11.3 Å². The first kappa shape index (κ1) is 12.5. The van der Waals surface area contributed by atoms with Gasteiger partial charge < -0.3 is 5.32 Å². The summed E-state index contributed by atoms with van der Waals surface area (Å²) in [7, 11) is 0. The van der Waals surface area contributed by atoms with Gasteiger partial charge in [0.05, 0.1) is 0 Å². The molecule has 18 heavy (non-hydrogen) atoms. The molecule has 0 amide bonds. The van der Waals surface area contributed by atoms with Crippen molar-refractivity contribution in [1.29, 1.82) is 0 Å². The molecule has 1 N–H and O–H groups in total. The summed E-state index contributed by atoms with van der Waals surface area (Å²) in [5.41, 5.74) is 2.33. The number of rotatable bonds is 3. The maximum Gasteiger partial charge on any atom is 0.161 e. The average molecular weight is 255 g/mol. The standard InChI is InChI=1S/C15H13NOS/c1-11(17)13-9-5-6-10-14(13)16-15(18)12-7-3-2-4-8-12/h2-10H,1H3,(H,16,18). The number of hydrogen-bond acceptors (Lipinski definition) is 2. The van der Waals surface area contributed by atoms with Gasteiger partial charge >= 0.3 is 0 Å². The van der Waals surface area contributed by atoms with Gasteiger partial charge in [-0.2, -0.15) is 0 Å². The fourth-order valence-electron chi connectivity index (χ4n) is 1.68. The van der Waals surface area contributed by atoms with Gasteiger partial charge in [0.25, 0.3) is 0 Å². The Kier molecular flexibility index (Phi) is 3.85. The van der Waals surface area contributed by atoms with E-state index in [1.165, 1.54) is 0 Å². The van der Waals surface area contributed by atoms with Crippen molar-refractivity contribution in [2.75, 3.05) is 5.32 Å². The minimum Gasteiger partial charge on any atom is -0.346 e. The number of carbonyl (C=O) groups is 1. The number of benzene rings is 2. The monoisotopic (exact) mass is 255 g/mol. The van der Waals surface area contributed by atoms with Crippen molar-refractivity contribution in [3.05, 3.63) is 65.7 Å². The van der Waals surface area contributed by atoms with Crippen molar-refractivity contribution in [2.45, 2.75) is 6.92 Å². The van der Waals surface area contributed by atoms with Gasteiger partial charge in [0.15, 0.2) is 5.78 Å². The number of ketones is 1. The summed E-state index contributed by atoms with van der Waals surface area (Å²) in [4.78, 5) is 12.1. The highest BCUT2D eigenvalue weighted by Gasteiger charge is 2.08. The SMILES string of the molecule is CC(=O)c1ccccc1NC(=S)c1ccccc1. The highest BCUT2D eigenvalue weighted by Crippen LogP contribution is 2.17. The quantitative estimate of drug-likeness (QED) is 0.670. The lowest BCUT2D eigenvalue weighted by molar-refractivity contribution is 0.101. The topological polar surface area (TPSA) is 29.1 Å². The molecule has 0 bridgehead atoms. The van der Waals surface area contributed by atoms with Gasteiger partial charge in [-0.05, 0) is 19.1 Å². The van der Waals surface area contributed by atoms with Gasteiger partial charge in [-0.3, -0.25) is 4.79 Å². The molecular weight excluding hydrogens is 242 g/mol. The zero-order valence-electron chi connectivity index (χ0n) is 10.0. The molecule has 2 nitrogen and oxygen atoms in total. The molecule has 0 fully saturated rings. The fraction of sp³-hybridized carbons (Fsp3) is 0.0667. The normalized spacial score (nSPS) is 9.83. The van der Waals surface area contributed by atoms with Crippen LogP contribution in [0.4, 0.5) is 5.69 Å². The first-order valence-electron chi connectivity index (χ1n) is 5.65. The maximum atomic E-state index is 11.5. The molecule has 2 aromatic rings. The molecule has 0 saturated carbocycles. The molecule has 0 aliphatic rings. The fourth-order valence-corrected chi connectivity index (χ4v) is 1.93. The van der Waals surface area contributed by atoms with E-state index >= 15 is 0 Å². The average Bonchev–Trinajstić information content (AvgIpc) is 2.40. The Hall–Kier alpha value is -2.00. The summed E-state index contributed by atoms with van der Waals surface area (Å²) < 4.78 is 0. The molecule has 0 saturated heterocycles. The lowest BCUT2D eigenvalue weighted by atomic mass is 10.1. The highest BCUT2D eigenvalue weighted by atomic mass is 32.1. The number of para-hydroxylation sites is 1. The van der Waals surface area contributed by atoms with Gasteiger partial charge in [0.1, 0.15) is 4.99 Å². The van der Waals surface area contributed by atoms with Crippen molar-refractivity contribution in [3.63, 3.8) is 0 Å². The number of nitrogens with one attached hydrogen (secondary N) is 1. The number of carbonyl (C=O) groups excluding carboxylic acids is 1. The number of Topliss-reactive ketones (excluding diaryl/α,β-unsaturated/α-hetero) is 1. The first-order chi connectivity index (χ1) is 8.68. The maximum absolute atomic E-state index is 11.5. The van der Waals surface area contributed by atoms with Crippen LogP contribution in [-0.2, 0) is 0 Å². The zero-order valence-corrected chi connectivity index (χ0v) is 10.8. The van der Waals surface area contributed by atoms with E-state index in [4.69, 9.17) is 12.2 Å². The molecule has 0 aliphatic carbocycles. The van der Waals surface area contributed by atoms with E-state index in [2.05, 4.69) is 5.32 Å². The second-order valence-electron chi connectivity index (χ2n) is 3.92. The van der Waals surface area contributed by atoms with Crippen LogP contribution in [0.2, 0.25) is 0 Å². The lowest BCUT2D eigenvalue weighted by Gasteiger charge is -2.11. The molecule has 0 unspecified atom stereocenters. The summed E-state index contributed by atoms with van der Waals surface area (Å²) in [6.45, 7) is 1.55. The van der Waals surface area contributed by atoms with Crippen LogP contribution in [0.1, 0.15) is 22.8 Å². The summed E-state index contributed by atoms with van der Waals surface area (Å²) in [5.74, 6) is 0.0222. The largest absolute Gasteiger partial charge is 0.346 e. The Bertz CT molecular complexity index is 578. The van der Waals surface area contributed by atoms with Crippen molar-refractivity contribution >= 4 is 28.7 Å². The molecular formula is C15H13NOS. The summed E-state index contributed by atoms with van der Waals surface area (Å²) >= 11 is 5.33. The Morgan fingerprint density at radius 3 is 2.28 bits per heavy atom. The second kappa shape index (κ2) is 5.56. The highest BCUT2D eigenvalue weighted by molar-refractivity contribution is 7.81. The molecule has 2 rings (SSSR count). The number of thiocarbonyl (C=S) groups is 1. The van der Waals surface area contributed by atoms with Crippen LogP contribution in [0.25, 0.3) is 0 Å². The Morgan fingerprint density at radius 2 is 1.61 bits per heavy atom. The molecule has 0 atom stereocenters. The minimum atomic E-state index is 0.0222. The lowest BCUT2D eigenvalue weighted by Crippen LogP contribution is -2.12. The van der Waals surface area contributed by atoms with Crippen LogP contribution in [0.15, 0.2) is 54.6 Å². The smallest absolute Gasteiger partial charge is 0.161 e. The molecule has 3 heteroatoms. The van der Waals surface area contributed by atoms with Gasteiger partial charge in [-0.25, -0.2) is 0 Å². The Morgan fingerprint density at radius 1 is 1.00 bits per heavy atom. The second-order valence-corrected chi connectivity index (χ2v) is 4.33. The van der Waals surface area contributed by atoms with Crippen LogP contribution in [0.5, 0.6) is 0 Å². The van der Waals surface area contributed by atoms with Gasteiger partial charge in [-0.1, -0.05) is 54.7 Å². The van der Waals surface area contributed by atoms with Gasteiger partial charge in [-0.15, -0.1) is 0 Å². The van der Waals surface area contributed by atoms with E-state index in [9.17, 15) is 4.79 Å². The van der Waals surface area contributed by atoms with Gasteiger partial charge in [0, 0.05) is 16.8 Å². The van der Waals surface area contributed by atoms with Crippen LogP contribution >= 0.6 is 12.2 Å². The van der Waals surface area contributed by atoms with Crippen molar-refractivity contribution in [3.8, 4) is 0 Å². The first-order valence-corrected chi connectivity index (χ1v) is 6.05. The van der Waals surface area contributed by atoms with E-state index in [1.807, 2.05) is 48.5 Å². The molecule has 0 heterocycles. The van der Waals surface area contributed by atoms with Crippen LogP contribution in [0, 0.1) is 0 Å². The predicted molar refractivity (Wildman–Crippen MR) is 78.2 cm³/mol. The van der Waals surface area contributed by atoms with Crippen molar-refractivity contribution in [1.82, 2.24) is 0 Å². The predicted octanol–water partition coefficient (Wildman–Crippen LogP) is 3.68. The van der Waals surface area contributed by atoms with Crippen LogP contribution in [0.3, 0.4) is 0 Å². The van der Waals surface area contributed by atoms with Gasteiger partial charge in [0.2, 0.25) is 0 Å².